The average molecular weight is 505 g/mol. The molecule has 0 spiro atoms. The summed E-state index contributed by atoms with van der Waals surface area (Å²) in [7, 11) is 0. The second-order valence-electron chi connectivity index (χ2n) is 7.31. The summed E-state index contributed by atoms with van der Waals surface area (Å²) in [5.74, 6) is -0.428. The topological polar surface area (TPSA) is 86.7 Å². The summed E-state index contributed by atoms with van der Waals surface area (Å²) in [5.41, 5.74) is 4.90. The predicted octanol–water partition coefficient (Wildman–Crippen LogP) is 4.92. The Morgan fingerprint density at radius 2 is 2.00 bits per heavy atom. The maximum absolute atomic E-state index is 12.8. The molecule has 2 aliphatic rings. The van der Waals surface area contributed by atoms with Gasteiger partial charge in [0.2, 0.25) is 5.17 Å². The molecule has 0 fully saturated rings. The largest absolute Gasteiger partial charge is 0.318 e. The van der Waals surface area contributed by atoms with Crippen LogP contribution < -0.4 is 0 Å². The van der Waals surface area contributed by atoms with Gasteiger partial charge < -0.3 is 4.57 Å². The van der Waals surface area contributed by atoms with Gasteiger partial charge in [-0.3, -0.25) is 15.2 Å². The number of fused-ring (bicyclic) bond motifs is 1. The molecule has 32 heavy (non-hydrogen) atoms. The fourth-order valence-electron chi connectivity index (χ4n) is 3.70. The van der Waals surface area contributed by atoms with Crippen LogP contribution in [0, 0.1) is 19.3 Å². The highest BCUT2D eigenvalue weighted by atomic mass is 79.9. The van der Waals surface area contributed by atoms with Crippen LogP contribution in [0.3, 0.4) is 0 Å². The lowest BCUT2D eigenvalue weighted by Gasteiger charge is -2.20. The van der Waals surface area contributed by atoms with Crippen molar-refractivity contribution < 1.29 is 4.79 Å². The maximum atomic E-state index is 12.8. The number of amides is 1. The Bertz CT molecular complexity index is 1370. The van der Waals surface area contributed by atoms with Crippen LogP contribution in [0.5, 0.6) is 0 Å². The summed E-state index contributed by atoms with van der Waals surface area (Å²) in [6, 6.07) is 13.7. The first-order valence-electron chi connectivity index (χ1n) is 9.78. The zero-order valence-corrected chi connectivity index (χ0v) is 19.6. The molecule has 1 N–H and O–H groups in total. The van der Waals surface area contributed by atoms with Crippen molar-refractivity contribution in [2.24, 2.45) is 10.1 Å². The Labute approximate surface area is 197 Å². The number of aromatic nitrogens is 2. The molecule has 5 rings (SSSR count). The van der Waals surface area contributed by atoms with Crippen LogP contribution in [0.4, 0.5) is 0 Å². The van der Waals surface area contributed by atoms with Crippen molar-refractivity contribution in [3.8, 4) is 5.69 Å². The normalized spacial score (nSPS) is 17.0. The number of benzene rings is 1. The first-order valence-corrected chi connectivity index (χ1v) is 11.4. The number of rotatable bonds is 3. The van der Waals surface area contributed by atoms with Crippen molar-refractivity contribution in [3.05, 3.63) is 87.4 Å². The Kier molecular flexibility index (Phi) is 5.15. The highest BCUT2D eigenvalue weighted by Gasteiger charge is 2.36. The molecule has 2 aliphatic heterocycles. The van der Waals surface area contributed by atoms with E-state index in [-0.39, 0.29) is 11.4 Å². The quantitative estimate of drug-likeness (QED) is 0.512. The number of nitrogens with zero attached hydrogens (tertiary/aromatic N) is 5. The molecular weight excluding hydrogens is 488 g/mol. The minimum Gasteiger partial charge on any atom is -0.318 e. The van der Waals surface area contributed by atoms with E-state index >= 15 is 0 Å². The number of aryl methyl sites for hydroxylation is 1. The third-order valence-electron chi connectivity index (χ3n) is 5.20. The van der Waals surface area contributed by atoms with Gasteiger partial charge in [-0.05, 0) is 73.6 Å². The zero-order valence-electron chi connectivity index (χ0n) is 17.2. The number of thioether (sulfide) groups is 1. The number of amidine groups is 2. The molecule has 0 saturated carbocycles. The first-order chi connectivity index (χ1) is 15.4. The Morgan fingerprint density at radius 3 is 2.75 bits per heavy atom. The molecule has 0 radical (unpaired) electrons. The SMILES string of the molecule is Cc1cc(/C=C2\C(=N)N3N=C(c4cccnc4)SC3=NC2=O)c(C)n1-c1cccc(Br)c1. The van der Waals surface area contributed by atoms with Gasteiger partial charge in [0.15, 0.2) is 5.84 Å². The fraction of sp³-hybridized carbons (Fsp3) is 0.0870. The van der Waals surface area contributed by atoms with E-state index in [1.165, 1.54) is 16.8 Å². The van der Waals surface area contributed by atoms with Gasteiger partial charge in [0.25, 0.3) is 5.91 Å². The summed E-state index contributed by atoms with van der Waals surface area (Å²) in [6.45, 7) is 4.01. The van der Waals surface area contributed by atoms with Gasteiger partial charge >= 0.3 is 0 Å². The third-order valence-corrected chi connectivity index (χ3v) is 6.65. The summed E-state index contributed by atoms with van der Waals surface area (Å²) in [5, 5.41) is 15.6. The number of hydrogen-bond donors (Lipinski definition) is 1. The summed E-state index contributed by atoms with van der Waals surface area (Å²) < 4.78 is 3.11. The second-order valence-corrected chi connectivity index (χ2v) is 9.18. The monoisotopic (exact) mass is 504 g/mol. The van der Waals surface area contributed by atoms with Crippen molar-refractivity contribution in [2.45, 2.75) is 13.8 Å². The van der Waals surface area contributed by atoms with Crippen LogP contribution in [0.25, 0.3) is 11.8 Å². The third kappa shape index (κ3) is 3.53. The average Bonchev–Trinajstić information content (AvgIpc) is 3.32. The molecule has 3 aromatic rings. The highest BCUT2D eigenvalue weighted by molar-refractivity contribution is 9.10. The predicted molar refractivity (Wildman–Crippen MR) is 131 cm³/mol. The molecule has 1 aromatic carbocycles. The lowest BCUT2D eigenvalue weighted by atomic mass is 10.1. The number of nitrogens with one attached hydrogen (secondary N) is 1. The molecule has 1 amide bonds. The molecule has 7 nitrogen and oxygen atoms in total. The van der Waals surface area contributed by atoms with Crippen LogP contribution in [0.1, 0.15) is 22.5 Å². The number of hydrogen-bond acceptors (Lipinski definition) is 5. The van der Waals surface area contributed by atoms with Crippen molar-refractivity contribution in [3.63, 3.8) is 0 Å². The van der Waals surface area contributed by atoms with Gasteiger partial charge in [0.1, 0.15) is 5.04 Å². The Balaban J connectivity index is 1.52. The van der Waals surface area contributed by atoms with E-state index in [0.29, 0.717) is 10.2 Å². The number of halogens is 1. The van der Waals surface area contributed by atoms with E-state index < -0.39 is 5.91 Å². The maximum Gasteiger partial charge on any atom is 0.283 e. The van der Waals surface area contributed by atoms with Crippen LogP contribution in [0.15, 0.2) is 75.0 Å². The van der Waals surface area contributed by atoms with E-state index in [0.717, 1.165) is 32.7 Å². The molecule has 0 unspecified atom stereocenters. The molecule has 4 heterocycles. The Morgan fingerprint density at radius 1 is 1.16 bits per heavy atom. The van der Waals surface area contributed by atoms with Crippen molar-refractivity contribution in [2.75, 3.05) is 0 Å². The van der Waals surface area contributed by atoms with Gasteiger partial charge in [0.05, 0.1) is 5.57 Å². The standard InChI is InChI=1S/C23H17BrN6OS/c1-13-9-16(14(2)29(13)18-7-3-6-17(24)11-18)10-19-20(25)30-23(27-21(19)31)32-22(28-30)15-5-4-8-26-12-15/h3-12,25H,1-2H3/b19-10+,25-20?. The first kappa shape index (κ1) is 20.6. The number of hydrazone groups is 1. The van der Waals surface area contributed by atoms with Crippen molar-refractivity contribution in [1.82, 2.24) is 14.6 Å². The minimum absolute atomic E-state index is 0.0126. The number of carbonyl (C=O) groups is 1. The fourth-order valence-corrected chi connectivity index (χ4v) is 4.97. The zero-order chi connectivity index (χ0) is 22.4. The molecule has 0 saturated heterocycles. The number of carbonyl (C=O) groups excluding carboxylic acids is 1. The molecule has 9 heteroatoms. The molecule has 0 bridgehead atoms. The van der Waals surface area contributed by atoms with E-state index in [9.17, 15) is 4.79 Å². The van der Waals surface area contributed by atoms with Gasteiger partial charge in [0, 0.05) is 39.5 Å². The van der Waals surface area contributed by atoms with Crippen molar-refractivity contribution in [1.29, 1.82) is 5.41 Å². The van der Waals surface area contributed by atoms with Gasteiger partial charge in [-0.2, -0.15) is 15.1 Å². The van der Waals surface area contributed by atoms with Crippen molar-refractivity contribution >= 4 is 55.7 Å². The van der Waals surface area contributed by atoms with Crippen LogP contribution in [-0.4, -0.2) is 36.5 Å². The Hall–Kier alpha value is -3.30. The molecular formula is C23H17BrN6OS. The van der Waals surface area contributed by atoms with Gasteiger partial charge in [-0.1, -0.05) is 22.0 Å². The van der Waals surface area contributed by atoms with Crippen LogP contribution >= 0.6 is 27.7 Å². The lowest BCUT2D eigenvalue weighted by molar-refractivity contribution is -0.114. The highest BCUT2D eigenvalue weighted by Crippen LogP contribution is 2.31. The van der Waals surface area contributed by atoms with E-state index in [2.05, 4.69) is 35.6 Å². The van der Waals surface area contributed by atoms with Gasteiger partial charge in [-0.25, -0.2) is 0 Å². The number of pyridine rings is 1. The molecule has 0 aliphatic carbocycles. The van der Waals surface area contributed by atoms with Gasteiger partial charge in [-0.15, -0.1) is 0 Å². The molecule has 2 aromatic heterocycles. The van der Waals surface area contributed by atoms with E-state index in [4.69, 9.17) is 5.41 Å². The minimum atomic E-state index is -0.441. The van der Waals surface area contributed by atoms with E-state index in [1.54, 1.807) is 18.5 Å². The molecule has 158 valence electrons. The second kappa shape index (κ2) is 7.99. The summed E-state index contributed by atoms with van der Waals surface area (Å²) >= 11 is 4.78. The summed E-state index contributed by atoms with van der Waals surface area (Å²) in [6.07, 6.45) is 5.11. The summed E-state index contributed by atoms with van der Waals surface area (Å²) in [4.78, 5) is 21.1. The van der Waals surface area contributed by atoms with Crippen LogP contribution in [-0.2, 0) is 4.79 Å². The smallest absolute Gasteiger partial charge is 0.283 e. The number of aliphatic imine (C=N–C) groups is 1. The lowest BCUT2D eigenvalue weighted by Crippen LogP contribution is -2.35. The molecule has 0 atom stereocenters. The van der Waals surface area contributed by atoms with E-state index in [1.807, 2.05) is 56.3 Å². The van der Waals surface area contributed by atoms with Crippen LogP contribution in [0.2, 0.25) is 0 Å².